The van der Waals surface area contributed by atoms with Crippen molar-refractivity contribution in [3.8, 4) is 0 Å². The quantitative estimate of drug-likeness (QED) is 0.622. The van der Waals surface area contributed by atoms with Gasteiger partial charge in [-0.3, -0.25) is 5.32 Å². The van der Waals surface area contributed by atoms with Gasteiger partial charge in [0.2, 0.25) is 0 Å². The van der Waals surface area contributed by atoms with Crippen LogP contribution in [0.3, 0.4) is 0 Å². The first-order valence-corrected chi connectivity index (χ1v) is 4.74. The van der Waals surface area contributed by atoms with Crippen LogP contribution >= 0.6 is 11.8 Å². The van der Waals surface area contributed by atoms with E-state index in [2.05, 4.69) is 30.4 Å². The molecule has 1 aliphatic heterocycles. The molecule has 1 heterocycles. The van der Waals surface area contributed by atoms with Gasteiger partial charge in [-0.05, 0) is 18.6 Å². The van der Waals surface area contributed by atoms with E-state index in [1.807, 2.05) is 17.8 Å². The summed E-state index contributed by atoms with van der Waals surface area (Å²) >= 11 is 1.87. The number of hydrogen-bond donors (Lipinski definition) is 0. The lowest BCUT2D eigenvalue weighted by Crippen LogP contribution is -2.05. The van der Waals surface area contributed by atoms with Crippen LogP contribution in [0.4, 0.5) is 5.69 Å². The SMILES string of the molecule is CCC1[N]c2ccccc2S1. The first-order valence-electron chi connectivity index (χ1n) is 3.86. The summed E-state index contributed by atoms with van der Waals surface area (Å²) in [5.74, 6) is 0. The normalized spacial score (nSPS) is 21.0. The Balaban J connectivity index is 2.27. The molecule has 2 rings (SSSR count). The number of thioether (sulfide) groups is 1. The molecule has 0 saturated carbocycles. The molecule has 0 saturated heterocycles. The maximum absolute atomic E-state index is 4.53. The van der Waals surface area contributed by atoms with Crippen LogP contribution < -0.4 is 5.32 Å². The summed E-state index contributed by atoms with van der Waals surface area (Å²) in [5, 5.41) is 5.00. The maximum atomic E-state index is 4.53. The lowest BCUT2D eigenvalue weighted by atomic mass is 10.3. The zero-order chi connectivity index (χ0) is 7.68. The van der Waals surface area contributed by atoms with Gasteiger partial charge in [0, 0.05) is 4.90 Å². The second kappa shape index (κ2) is 2.78. The van der Waals surface area contributed by atoms with Gasteiger partial charge in [0.25, 0.3) is 0 Å². The van der Waals surface area contributed by atoms with Crippen LogP contribution in [0, 0.1) is 0 Å². The highest BCUT2D eigenvalue weighted by Crippen LogP contribution is 2.39. The molecule has 1 aromatic carbocycles. The molecular formula is C9H10NS. The number of nitrogens with zero attached hydrogens (tertiary/aromatic N) is 1. The van der Waals surface area contributed by atoms with Crippen LogP contribution in [0.1, 0.15) is 13.3 Å². The Labute approximate surface area is 71.2 Å². The van der Waals surface area contributed by atoms with Gasteiger partial charge in [-0.15, -0.1) is 0 Å². The van der Waals surface area contributed by atoms with Crippen LogP contribution in [0.15, 0.2) is 29.2 Å². The molecule has 0 N–H and O–H groups in total. The van der Waals surface area contributed by atoms with Crippen LogP contribution in [0.25, 0.3) is 0 Å². The van der Waals surface area contributed by atoms with Crippen molar-refractivity contribution in [3.05, 3.63) is 24.3 Å². The predicted molar refractivity (Wildman–Crippen MR) is 48.2 cm³/mol. The Kier molecular flexibility index (Phi) is 1.78. The Morgan fingerprint density at radius 1 is 1.45 bits per heavy atom. The fourth-order valence-corrected chi connectivity index (χ4v) is 2.19. The van der Waals surface area contributed by atoms with Crippen molar-refractivity contribution in [1.82, 2.24) is 5.32 Å². The maximum Gasteiger partial charge on any atom is 0.100 e. The molecule has 0 bridgehead atoms. The van der Waals surface area contributed by atoms with E-state index < -0.39 is 0 Å². The molecule has 0 fully saturated rings. The molecule has 1 aliphatic rings. The zero-order valence-corrected chi connectivity index (χ0v) is 7.27. The average molecular weight is 164 g/mol. The number of para-hydroxylation sites is 1. The third-order valence-electron chi connectivity index (χ3n) is 1.76. The van der Waals surface area contributed by atoms with E-state index in [1.54, 1.807) is 0 Å². The molecular weight excluding hydrogens is 154 g/mol. The van der Waals surface area contributed by atoms with Crippen LogP contribution in [-0.4, -0.2) is 5.37 Å². The molecule has 0 spiro atoms. The summed E-state index contributed by atoms with van der Waals surface area (Å²) in [7, 11) is 0. The molecule has 1 nitrogen and oxygen atoms in total. The fourth-order valence-electron chi connectivity index (χ4n) is 1.17. The summed E-state index contributed by atoms with van der Waals surface area (Å²) in [6.45, 7) is 2.17. The first kappa shape index (κ1) is 7.04. The first-order chi connectivity index (χ1) is 5.40. The molecule has 1 unspecified atom stereocenters. The summed E-state index contributed by atoms with van der Waals surface area (Å²) in [6, 6.07) is 8.33. The molecule has 1 aromatic rings. The van der Waals surface area contributed by atoms with Gasteiger partial charge in [-0.1, -0.05) is 30.8 Å². The minimum absolute atomic E-state index is 0.465. The number of fused-ring (bicyclic) bond motifs is 1. The van der Waals surface area contributed by atoms with Gasteiger partial charge in [0.05, 0.1) is 5.69 Å². The molecule has 57 valence electrons. The average Bonchev–Trinajstić information content (AvgIpc) is 2.46. The standard InChI is InChI=1S/C9H10NS/c1-2-9-10-7-5-3-4-6-8(7)11-9/h3-6,9H,2H2,1H3. The predicted octanol–water partition coefficient (Wildman–Crippen LogP) is 2.76. The second-order valence-corrected chi connectivity index (χ2v) is 3.80. The highest BCUT2D eigenvalue weighted by molar-refractivity contribution is 8.00. The molecule has 11 heavy (non-hydrogen) atoms. The molecule has 1 radical (unpaired) electrons. The van der Waals surface area contributed by atoms with Crippen molar-refractivity contribution in [3.63, 3.8) is 0 Å². The fraction of sp³-hybridized carbons (Fsp3) is 0.333. The van der Waals surface area contributed by atoms with Gasteiger partial charge in [-0.2, -0.15) is 0 Å². The van der Waals surface area contributed by atoms with Gasteiger partial charge < -0.3 is 0 Å². The number of rotatable bonds is 1. The number of benzene rings is 1. The molecule has 2 heteroatoms. The van der Waals surface area contributed by atoms with Crippen LogP contribution in [-0.2, 0) is 0 Å². The van der Waals surface area contributed by atoms with E-state index in [-0.39, 0.29) is 0 Å². The minimum Gasteiger partial charge on any atom is -0.270 e. The smallest absolute Gasteiger partial charge is 0.100 e. The second-order valence-electron chi connectivity index (χ2n) is 2.58. The Hall–Kier alpha value is -0.630. The van der Waals surface area contributed by atoms with E-state index in [1.165, 1.54) is 10.6 Å². The van der Waals surface area contributed by atoms with E-state index in [9.17, 15) is 0 Å². The molecule has 1 atom stereocenters. The largest absolute Gasteiger partial charge is 0.270 e. The van der Waals surface area contributed by atoms with Crippen LogP contribution in [0.5, 0.6) is 0 Å². The Morgan fingerprint density at radius 3 is 3.00 bits per heavy atom. The van der Waals surface area contributed by atoms with Gasteiger partial charge in [0.1, 0.15) is 5.37 Å². The van der Waals surface area contributed by atoms with Gasteiger partial charge in [0.15, 0.2) is 0 Å². The summed E-state index contributed by atoms with van der Waals surface area (Å²) < 4.78 is 0. The van der Waals surface area contributed by atoms with Crippen molar-refractivity contribution in [2.75, 3.05) is 0 Å². The molecule has 0 amide bonds. The van der Waals surface area contributed by atoms with E-state index in [4.69, 9.17) is 0 Å². The van der Waals surface area contributed by atoms with Crippen molar-refractivity contribution in [2.45, 2.75) is 23.6 Å². The van der Waals surface area contributed by atoms with Gasteiger partial charge >= 0.3 is 0 Å². The van der Waals surface area contributed by atoms with E-state index >= 15 is 0 Å². The monoisotopic (exact) mass is 164 g/mol. The van der Waals surface area contributed by atoms with Crippen molar-refractivity contribution < 1.29 is 0 Å². The highest BCUT2D eigenvalue weighted by Gasteiger charge is 2.20. The topological polar surface area (TPSA) is 14.1 Å². The lowest BCUT2D eigenvalue weighted by Gasteiger charge is -2.00. The van der Waals surface area contributed by atoms with E-state index in [0.29, 0.717) is 5.37 Å². The molecule has 0 aliphatic carbocycles. The number of hydrogen-bond acceptors (Lipinski definition) is 1. The summed E-state index contributed by atoms with van der Waals surface area (Å²) in [6.07, 6.45) is 1.12. The molecule has 0 aromatic heterocycles. The van der Waals surface area contributed by atoms with Crippen molar-refractivity contribution >= 4 is 17.4 Å². The zero-order valence-electron chi connectivity index (χ0n) is 6.45. The van der Waals surface area contributed by atoms with E-state index in [0.717, 1.165) is 6.42 Å². The summed E-state index contributed by atoms with van der Waals surface area (Å²) in [4.78, 5) is 1.33. The Morgan fingerprint density at radius 2 is 2.27 bits per heavy atom. The van der Waals surface area contributed by atoms with Crippen molar-refractivity contribution in [2.24, 2.45) is 0 Å². The van der Waals surface area contributed by atoms with Crippen molar-refractivity contribution in [1.29, 1.82) is 0 Å². The van der Waals surface area contributed by atoms with Gasteiger partial charge in [-0.25, -0.2) is 0 Å². The summed E-state index contributed by atoms with van der Waals surface area (Å²) in [5.41, 5.74) is 1.17. The third kappa shape index (κ3) is 1.23. The highest BCUT2D eigenvalue weighted by atomic mass is 32.2. The lowest BCUT2D eigenvalue weighted by molar-refractivity contribution is 0.760. The Bertz CT molecular complexity index is 234. The third-order valence-corrected chi connectivity index (χ3v) is 3.07. The van der Waals surface area contributed by atoms with Crippen LogP contribution in [0.2, 0.25) is 0 Å². The minimum atomic E-state index is 0.465.